The molecule has 0 bridgehead atoms. The highest BCUT2D eigenvalue weighted by Gasteiger charge is 2.38. The van der Waals surface area contributed by atoms with Crippen molar-refractivity contribution >= 4 is 20.1 Å². The van der Waals surface area contributed by atoms with Gasteiger partial charge in [0.15, 0.2) is 0 Å². The van der Waals surface area contributed by atoms with Gasteiger partial charge in [-0.1, -0.05) is 31.8 Å². The molecule has 0 aromatic rings. The lowest BCUT2D eigenvalue weighted by atomic mass is 10.0. The summed E-state index contributed by atoms with van der Waals surface area (Å²) in [5.41, 5.74) is -0.398. The predicted octanol–water partition coefficient (Wildman–Crippen LogP) is 2.51. The van der Waals surface area contributed by atoms with E-state index in [0.717, 1.165) is 0 Å². The van der Waals surface area contributed by atoms with Crippen molar-refractivity contribution in [2.45, 2.75) is 25.2 Å². The van der Waals surface area contributed by atoms with E-state index in [9.17, 15) is 14.7 Å². The molecule has 0 aromatic heterocycles. The molecule has 0 saturated carbocycles. The van der Waals surface area contributed by atoms with E-state index in [4.69, 9.17) is 0 Å². The molecule has 5 nitrogen and oxygen atoms in total. The molecule has 0 radical (unpaired) electrons. The Kier molecular flexibility index (Phi) is 4.34. The van der Waals surface area contributed by atoms with Crippen LogP contribution < -0.4 is 0 Å². The van der Waals surface area contributed by atoms with E-state index in [2.05, 4.69) is 4.74 Å². The molecule has 1 N–H and O–H groups in total. The zero-order chi connectivity index (χ0) is 13.9. The topological polar surface area (TPSA) is 66.8 Å². The van der Waals surface area contributed by atoms with E-state index in [1.54, 1.807) is 24.6 Å². The first-order valence-corrected chi connectivity index (χ1v) is 9.31. The summed E-state index contributed by atoms with van der Waals surface area (Å²) in [6.45, 7) is 6.08. The third-order valence-corrected chi connectivity index (χ3v) is 5.41. The zero-order valence-corrected chi connectivity index (χ0v) is 12.1. The van der Waals surface area contributed by atoms with E-state index >= 15 is 0 Å². The summed E-state index contributed by atoms with van der Waals surface area (Å²) >= 11 is 0. The number of nitrogens with zero attached hydrogens (tertiary/aromatic N) is 1. The molecule has 100 valence electrons. The fraction of sp³-hybridized carbons (Fsp3) is 0.500. The van der Waals surface area contributed by atoms with Crippen molar-refractivity contribution in [1.82, 2.24) is 4.90 Å². The van der Waals surface area contributed by atoms with Crippen LogP contribution in [0.25, 0.3) is 0 Å². The van der Waals surface area contributed by atoms with Crippen molar-refractivity contribution in [1.29, 1.82) is 0 Å². The standard InChI is InChI=1S/C12H19NO4Si/c1-17-12(16)13-7-5-9(6-8-13)10(11(14)15)18(2,3)4/h5-10H,1-4H3,(H,14,15). The van der Waals surface area contributed by atoms with Crippen LogP contribution >= 0.6 is 0 Å². The summed E-state index contributed by atoms with van der Waals surface area (Å²) in [5, 5.41) is 9.34. The Labute approximate surface area is 108 Å². The fourth-order valence-corrected chi connectivity index (χ4v) is 4.18. The molecule has 1 rings (SSSR count). The number of carbonyl (C=O) groups is 2. The summed E-state index contributed by atoms with van der Waals surface area (Å²) in [6, 6.07) is 0. The highest BCUT2D eigenvalue weighted by Crippen LogP contribution is 2.34. The molecule has 18 heavy (non-hydrogen) atoms. The Bertz CT molecular complexity index is 383. The summed E-state index contributed by atoms with van der Waals surface area (Å²) in [4.78, 5) is 23.9. The van der Waals surface area contributed by atoms with Gasteiger partial charge in [-0.15, -0.1) is 0 Å². The van der Waals surface area contributed by atoms with Crippen molar-refractivity contribution in [3.8, 4) is 0 Å². The second-order valence-electron chi connectivity index (χ2n) is 5.32. The highest BCUT2D eigenvalue weighted by molar-refractivity contribution is 6.80. The maximum absolute atomic E-state index is 11.4. The van der Waals surface area contributed by atoms with Gasteiger partial charge in [-0.25, -0.2) is 4.79 Å². The van der Waals surface area contributed by atoms with Gasteiger partial charge in [0, 0.05) is 18.3 Å². The molecule has 0 spiro atoms. The van der Waals surface area contributed by atoms with Crippen molar-refractivity contribution in [2.75, 3.05) is 7.11 Å². The van der Waals surface area contributed by atoms with E-state index in [1.807, 2.05) is 19.6 Å². The van der Waals surface area contributed by atoms with Crippen LogP contribution in [0.1, 0.15) is 0 Å². The molecule has 0 aromatic carbocycles. The van der Waals surface area contributed by atoms with Crippen molar-refractivity contribution < 1.29 is 19.4 Å². The van der Waals surface area contributed by atoms with Gasteiger partial charge in [0.2, 0.25) is 0 Å². The van der Waals surface area contributed by atoms with Crippen LogP contribution in [-0.4, -0.2) is 37.3 Å². The lowest BCUT2D eigenvalue weighted by Crippen LogP contribution is -2.38. The van der Waals surface area contributed by atoms with Gasteiger partial charge in [0.05, 0.1) is 20.7 Å². The maximum Gasteiger partial charge on any atom is 0.417 e. The quantitative estimate of drug-likeness (QED) is 0.799. The predicted molar refractivity (Wildman–Crippen MR) is 70.7 cm³/mol. The van der Waals surface area contributed by atoms with Crippen LogP contribution in [0.5, 0.6) is 0 Å². The summed E-state index contributed by atoms with van der Waals surface area (Å²) in [6.07, 6.45) is 6.13. The van der Waals surface area contributed by atoms with Crippen molar-refractivity contribution in [3.63, 3.8) is 0 Å². The second-order valence-corrected chi connectivity index (χ2v) is 10.7. The number of methoxy groups -OCH3 is 1. The van der Waals surface area contributed by atoms with Crippen LogP contribution in [0.3, 0.4) is 0 Å². The average Bonchev–Trinajstić information content (AvgIpc) is 2.26. The first-order valence-electron chi connectivity index (χ1n) is 5.73. The number of carbonyl (C=O) groups excluding carboxylic acids is 1. The lowest BCUT2D eigenvalue weighted by Gasteiger charge is -2.31. The van der Waals surface area contributed by atoms with Gasteiger partial charge in [0.1, 0.15) is 0 Å². The minimum Gasteiger partial charge on any atom is -0.481 e. The molecule has 0 saturated heterocycles. The smallest absolute Gasteiger partial charge is 0.417 e. The maximum atomic E-state index is 11.4. The number of rotatable bonds is 3. The number of hydrogen-bond acceptors (Lipinski definition) is 3. The molecule has 6 heteroatoms. The molecular formula is C12H19NO4Si. The Balaban J connectivity index is 2.86. The van der Waals surface area contributed by atoms with Crippen LogP contribution in [0, 0.1) is 5.92 Å². The SMILES string of the molecule is COC(=O)N1C=CC(C(C(=O)O)[Si](C)(C)C)C=C1. The molecule has 1 heterocycles. The van der Waals surface area contributed by atoms with Crippen LogP contribution in [0.4, 0.5) is 4.79 Å². The van der Waals surface area contributed by atoms with Gasteiger partial charge in [-0.3, -0.25) is 9.69 Å². The number of carboxylic acid groups (broad SMARTS) is 1. The third-order valence-electron chi connectivity index (χ3n) is 2.91. The molecule has 1 amide bonds. The first kappa shape index (κ1) is 14.5. The fourth-order valence-electron chi connectivity index (χ4n) is 2.06. The normalized spacial score (nSPS) is 17.7. The minimum absolute atomic E-state index is 0.171. The summed E-state index contributed by atoms with van der Waals surface area (Å²) in [7, 11) is -0.528. The number of carboxylic acids is 1. The Morgan fingerprint density at radius 1 is 1.28 bits per heavy atom. The zero-order valence-electron chi connectivity index (χ0n) is 11.1. The third kappa shape index (κ3) is 3.22. The number of ether oxygens (including phenoxy) is 1. The number of allylic oxidation sites excluding steroid dienone is 2. The van der Waals surface area contributed by atoms with Crippen LogP contribution in [0.15, 0.2) is 24.6 Å². The largest absolute Gasteiger partial charge is 0.481 e. The van der Waals surface area contributed by atoms with E-state index in [-0.39, 0.29) is 5.92 Å². The lowest BCUT2D eigenvalue weighted by molar-refractivity contribution is -0.137. The molecule has 1 atom stereocenters. The number of aliphatic carboxylic acids is 1. The van der Waals surface area contributed by atoms with Crippen molar-refractivity contribution in [3.05, 3.63) is 24.6 Å². The number of amides is 1. The molecule has 1 aliphatic heterocycles. The average molecular weight is 269 g/mol. The van der Waals surface area contributed by atoms with Gasteiger partial charge in [-0.05, 0) is 0 Å². The van der Waals surface area contributed by atoms with Gasteiger partial charge in [0.25, 0.3) is 0 Å². The monoisotopic (exact) mass is 269 g/mol. The highest BCUT2D eigenvalue weighted by atomic mass is 28.3. The van der Waals surface area contributed by atoms with E-state index in [1.165, 1.54) is 12.0 Å². The Morgan fingerprint density at radius 3 is 2.11 bits per heavy atom. The molecule has 0 fully saturated rings. The van der Waals surface area contributed by atoms with Gasteiger partial charge >= 0.3 is 12.1 Å². The first-order chi connectivity index (χ1) is 8.27. The van der Waals surface area contributed by atoms with Crippen molar-refractivity contribution in [2.24, 2.45) is 5.92 Å². The molecular weight excluding hydrogens is 250 g/mol. The Hall–Kier alpha value is -1.56. The van der Waals surface area contributed by atoms with Gasteiger partial charge < -0.3 is 9.84 Å². The molecule has 0 aliphatic carbocycles. The summed E-state index contributed by atoms with van der Waals surface area (Å²) < 4.78 is 4.58. The minimum atomic E-state index is -1.83. The molecule has 1 aliphatic rings. The number of hydrogen-bond donors (Lipinski definition) is 1. The van der Waals surface area contributed by atoms with Crippen LogP contribution in [-0.2, 0) is 9.53 Å². The van der Waals surface area contributed by atoms with E-state index < -0.39 is 25.7 Å². The Morgan fingerprint density at radius 2 is 1.78 bits per heavy atom. The van der Waals surface area contributed by atoms with E-state index in [0.29, 0.717) is 0 Å². The second kappa shape index (κ2) is 5.39. The summed E-state index contributed by atoms with van der Waals surface area (Å²) in [5.74, 6) is -0.949. The molecule has 1 unspecified atom stereocenters. The van der Waals surface area contributed by atoms with Gasteiger partial charge in [-0.2, -0.15) is 0 Å². The van der Waals surface area contributed by atoms with Crippen LogP contribution in [0.2, 0.25) is 25.2 Å².